The van der Waals surface area contributed by atoms with Gasteiger partial charge in [-0.25, -0.2) is 14.2 Å². The number of carbonyl (C=O) groups is 2. The van der Waals surface area contributed by atoms with Gasteiger partial charge in [0.25, 0.3) is 5.91 Å². The van der Waals surface area contributed by atoms with E-state index in [9.17, 15) is 14.0 Å². The second-order valence-corrected chi connectivity index (χ2v) is 9.50. The molecule has 4 rings (SSSR count). The summed E-state index contributed by atoms with van der Waals surface area (Å²) in [5, 5.41) is 7.03. The molecule has 1 aromatic carbocycles. The highest BCUT2D eigenvalue weighted by molar-refractivity contribution is 6.07. The Bertz CT molecular complexity index is 1230. The van der Waals surface area contributed by atoms with Crippen molar-refractivity contribution in [2.75, 3.05) is 24.1 Å². The van der Waals surface area contributed by atoms with Gasteiger partial charge in [0.2, 0.25) is 0 Å². The summed E-state index contributed by atoms with van der Waals surface area (Å²) in [6.07, 6.45) is 6.35. The lowest BCUT2D eigenvalue weighted by molar-refractivity contribution is 0.0184. The highest BCUT2D eigenvalue weighted by Gasteiger charge is 2.28. The molecule has 0 atom stereocenters. The van der Waals surface area contributed by atoms with Crippen molar-refractivity contribution < 1.29 is 18.7 Å². The number of nitrogens with zero attached hydrogens (tertiary/aromatic N) is 4. The van der Waals surface area contributed by atoms with Crippen LogP contribution in [0.4, 0.5) is 20.7 Å². The molecule has 0 bridgehead atoms. The van der Waals surface area contributed by atoms with E-state index in [1.165, 1.54) is 12.1 Å². The molecule has 0 spiro atoms. The molecule has 3 N–H and O–H groups in total. The molecule has 1 aliphatic rings. The summed E-state index contributed by atoms with van der Waals surface area (Å²) in [4.78, 5) is 30.9. The lowest BCUT2D eigenvalue weighted by Gasteiger charge is -2.33. The average molecular weight is 481 g/mol. The largest absolute Gasteiger partial charge is 0.444 e. The third-order valence-corrected chi connectivity index (χ3v) is 5.71. The summed E-state index contributed by atoms with van der Waals surface area (Å²) in [5.41, 5.74) is 7.04. The van der Waals surface area contributed by atoms with Gasteiger partial charge in [0.05, 0.1) is 23.5 Å². The lowest BCUT2D eigenvalue weighted by atomic mass is 10.1. The third kappa shape index (κ3) is 5.76. The van der Waals surface area contributed by atoms with E-state index in [1.54, 1.807) is 35.5 Å². The van der Waals surface area contributed by atoms with Gasteiger partial charge in [-0.2, -0.15) is 5.10 Å². The SMILES string of the molecule is CC(C)(C)OC(=O)N1CCC(n2cc(-c3cnc(N)c(C(=O)Nc4ccccc4F)c3)cn2)CC1. The fourth-order valence-electron chi connectivity index (χ4n) is 3.89. The molecule has 3 heterocycles. The molecule has 9 nitrogen and oxygen atoms in total. The summed E-state index contributed by atoms with van der Waals surface area (Å²) < 4.78 is 21.3. The quantitative estimate of drug-likeness (QED) is 0.569. The van der Waals surface area contributed by atoms with Crippen molar-refractivity contribution in [1.82, 2.24) is 19.7 Å². The second-order valence-electron chi connectivity index (χ2n) is 9.50. The zero-order valence-electron chi connectivity index (χ0n) is 20.0. The first kappa shape index (κ1) is 24.2. The van der Waals surface area contributed by atoms with E-state index < -0.39 is 17.3 Å². The van der Waals surface area contributed by atoms with Crippen LogP contribution in [0, 0.1) is 5.82 Å². The molecule has 1 saturated heterocycles. The lowest BCUT2D eigenvalue weighted by Crippen LogP contribution is -2.42. The number of hydrogen-bond acceptors (Lipinski definition) is 6. The van der Waals surface area contributed by atoms with Crippen LogP contribution in [0.2, 0.25) is 0 Å². The van der Waals surface area contributed by atoms with Crippen LogP contribution < -0.4 is 11.1 Å². The van der Waals surface area contributed by atoms with Crippen molar-refractivity contribution in [2.24, 2.45) is 0 Å². The molecule has 2 amide bonds. The van der Waals surface area contributed by atoms with Crippen LogP contribution in [0.5, 0.6) is 0 Å². The number of para-hydroxylation sites is 1. The van der Waals surface area contributed by atoms with Crippen molar-refractivity contribution in [2.45, 2.75) is 45.3 Å². The molecule has 0 unspecified atom stereocenters. The van der Waals surface area contributed by atoms with Crippen molar-refractivity contribution in [3.63, 3.8) is 0 Å². The Kier molecular flexibility index (Phi) is 6.72. The predicted octanol–water partition coefficient (Wildman–Crippen LogP) is 4.49. The smallest absolute Gasteiger partial charge is 0.410 e. The molecule has 0 saturated carbocycles. The predicted molar refractivity (Wildman–Crippen MR) is 130 cm³/mol. The number of amides is 2. The van der Waals surface area contributed by atoms with Crippen LogP contribution >= 0.6 is 0 Å². The van der Waals surface area contributed by atoms with Crippen molar-refractivity contribution in [1.29, 1.82) is 0 Å². The van der Waals surface area contributed by atoms with E-state index >= 15 is 0 Å². The maximum Gasteiger partial charge on any atom is 0.410 e. The summed E-state index contributed by atoms with van der Waals surface area (Å²) in [5.74, 6) is -1.05. The first-order valence-corrected chi connectivity index (χ1v) is 11.4. The number of nitrogen functional groups attached to an aromatic ring is 1. The van der Waals surface area contributed by atoms with Gasteiger partial charge in [0, 0.05) is 36.6 Å². The Labute approximate surface area is 203 Å². The van der Waals surface area contributed by atoms with Crippen LogP contribution in [0.25, 0.3) is 11.1 Å². The third-order valence-electron chi connectivity index (χ3n) is 5.71. The van der Waals surface area contributed by atoms with E-state index in [-0.39, 0.29) is 29.2 Å². The van der Waals surface area contributed by atoms with Crippen LogP contribution in [0.3, 0.4) is 0 Å². The van der Waals surface area contributed by atoms with E-state index in [2.05, 4.69) is 15.4 Å². The molecule has 0 aliphatic carbocycles. The number of anilines is 2. The maximum atomic E-state index is 13.9. The van der Waals surface area contributed by atoms with Crippen LogP contribution in [0.1, 0.15) is 50.0 Å². The number of pyridine rings is 1. The number of piperidine rings is 1. The van der Waals surface area contributed by atoms with E-state index in [1.807, 2.05) is 31.6 Å². The minimum atomic E-state index is -0.552. The summed E-state index contributed by atoms with van der Waals surface area (Å²) >= 11 is 0. The Balaban J connectivity index is 1.44. The number of halogens is 1. The van der Waals surface area contributed by atoms with Gasteiger partial charge >= 0.3 is 6.09 Å². The van der Waals surface area contributed by atoms with Gasteiger partial charge in [-0.1, -0.05) is 12.1 Å². The van der Waals surface area contributed by atoms with Crippen molar-refractivity contribution in [3.8, 4) is 11.1 Å². The minimum Gasteiger partial charge on any atom is -0.444 e. The highest BCUT2D eigenvalue weighted by atomic mass is 19.1. The van der Waals surface area contributed by atoms with Crippen molar-refractivity contribution >= 4 is 23.5 Å². The summed E-state index contributed by atoms with van der Waals surface area (Å²) in [6.45, 7) is 6.72. The number of nitrogens with one attached hydrogen (secondary N) is 1. The average Bonchev–Trinajstić information content (AvgIpc) is 3.30. The number of benzene rings is 1. The van der Waals surface area contributed by atoms with Crippen LogP contribution in [0.15, 0.2) is 48.9 Å². The number of rotatable bonds is 4. The summed E-state index contributed by atoms with van der Waals surface area (Å²) in [7, 11) is 0. The fraction of sp³-hybridized carbons (Fsp3) is 0.360. The first-order valence-electron chi connectivity index (χ1n) is 11.4. The number of ether oxygens (including phenoxy) is 1. The van der Waals surface area contributed by atoms with E-state index in [4.69, 9.17) is 10.5 Å². The minimum absolute atomic E-state index is 0.0458. The normalized spacial score (nSPS) is 14.6. The standard InChI is InChI=1S/C25H29FN6O3/c1-25(2,3)35-24(34)31-10-8-18(9-11-31)32-15-17(14-29-32)16-12-19(22(27)28-13-16)23(33)30-21-7-5-4-6-20(21)26/h4-7,12-15,18H,8-11H2,1-3H3,(H2,27,28)(H,30,33). The summed E-state index contributed by atoms with van der Waals surface area (Å²) in [6, 6.07) is 7.65. The van der Waals surface area contributed by atoms with Gasteiger partial charge in [0.15, 0.2) is 0 Å². The maximum absolute atomic E-state index is 13.9. The van der Waals surface area contributed by atoms with E-state index in [0.717, 1.165) is 18.4 Å². The Morgan fingerprint density at radius 3 is 2.54 bits per heavy atom. The highest BCUT2D eigenvalue weighted by Crippen LogP contribution is 2.27. The number of hydrogen-bond donors (Lipinski definition) is 2. The number of nitrogens with two attached hydrogens (primary N) is 1. The monoisotopic (exact) mass is 480 g/mol. The Morgan fingerprint density at radius 1 is 1.14 bits per heavy atom. The molecule has 35 heavy (non-hydrogen) atoms. The fourth-order valence-corrected chi connectivity index (χ4v) is 3.89. The Hall–Kier alpha value is -3.95. The number of carbonyl (C=O) groups excluding carboxylic acids is 2. The Morgan fingerprint density at radius 2 is 1.86 bits per heavy atom. The van der Waals surface area contributed by atoms with Crippen LogP contribution in [-0.4, -0.2) is 50.4 Å². The molecular weight excluding hydrogens is 451 g/mol. The molecule has 10 heteroatoms. The van der Waals surface area contributed by atoms with Gasteiger partial charge < -0.3 is 20.7 Å². The zero-order chi connectivity index (χ0) is 25.2. The first-order chi connectivity index (χ1) is 16.6. The molecule has 3 aromatic rings. The molecule has 0 radical (unpaired) electrons. The second kappa shape index (κ2) is 9.73. The molecule has 184 valence electrons. The number of aromatic nitrogens is 3. The van der Waals surface area contributed by atoms with E-state index in [0.29, 0.717) is 18.7 Å². The number of likely N-dealkylation sites (tertiary alicyclic amines) is 1. The van der Waals surface area contributed by atoms with Gasteiger partial charge in [-0.05, 0) is 51.8 Å². The van der Waals surface area contributed by atoms with Crippen LogP contribution in [-0.2, 0) is 4.74 Å². The van der Waals surface area contributed by atoms with Gasteiger partial charge in [-0.3, -0.25) is 9.48 Å². The molecule has 1 fully saturated rings. The topological polar surface area (TPSA) is 115 Å². The van der Waals surface area contributed by atoms with Gasteiger partial charge in [-0.15, -0.1) is 0 Å². The molecular formula is C25H29FN6O3. The zero-order valence-corrected chi connectivity index (χ0v) is 20.0. The molecule has 1 aliphatic heterocycles. The van der Waals surface area contributed by atoms with Gasteiger partial charge in [0.1, 0.15) is 17.2 Å². The molecule has 2 aromatic heterocycles. The van der Waals surface area contributed by atoms with Crippen molar-refractivity contribution in [3.05, 3.63) is 60.3 Å².